The van der Waals surface area contributed by atoms with Gasteiger partial charge in [0.05, 0.1) is 55.5 Å². The largest absolute Gasteiger partial charge is 3.00 e. The quantitative estimate of drug-likeness (QED) is 0.0744. The summed E-state index contributed by atoms with van der Waals surface area (Å²) in [6.07, 6.45) is 0.763. The number of halogens is 2. The topological polar surface area (TPSA) is 164 Å². The fourth-order valence-corrected chi connectivity index (χ4v) is 7.37. The molecule has 0 aromatic heterocycles. The molecule has 0 spiro atoms. The summed E-state index contributed by atoms with van der Waals surface area (Å²) in [5, 5.41) is 12.3. The van der Waals surface area contributed by atoms with Crippen molar-refractivity contribution in [3.05, 3.63) is 53.5 Å². The van der Waals surface area contributed by atoms with Gasteiger partial charge in [-0.15, -0.1) is 0 Å². The summed E-state index contributed by atoms with van der Waals surface area (Å²) in [6.45, 7) is 14.7. The van der Waals surface area contributed by atoms with E-state index in [4.69, 9.17) is 28.4 Å². The molecule has 0 fully saturated rings. The minimum Gasteiger partial charge on any atom is -1.00 e. The van der Waals surface area contributed by atoms with Crippen molar-refractivity contribution >= 4 is 35.9 Å². The number of ether oxygens (including phenoxy) is 6. The van der Waals surface area contributed by atoms with Gasteiger partial charge < -0.3 is 81.5 Å². The maximum absolute atomic E-state index is 13.7. The average Bonchev–Trinajstić information content (AvgIpc) is 3.07. The van der Waals surface area contributed by atoms with Crippen LogP contribution in [-0.2, 0) is 59.0 Å². The Hall–Kier alpha value is -1.55. The van der Waals surface area contributed by atoms with Gasteiger partial charge in [-0.2, -0.15) is 0 Å². The Bertz CT molecular complexity index is 1450. The summed E-state index contributed by atoms with van der Waals surface area (Å²) >= 11 is 0. The summed E-state index contributed by atoms with van der Waals surface area (Å²) in [7, 11) is 5.96. The van der Waals surface area contributed by atoms with Crippen molar-refractivity contribution in [1.82, 2.24) is 0 Å². The maximum atomic E-state index is 13.7. The van der Waals surface area contributed by atoms with E-state index in [1.54, 1.807) is 40.7 Å². The first kappa shape index (κ1) is 55.8. The second-order valence-electron chi connectivity index (χ2n) is 14.8. The van der Waals surface area contributed by atoms with E-state index >= 15 is 0 Å². The summed E-state index contributed by atoms with van der Waals surface area (Å²) in [5.74, 6) is -4.11. The van der Waals surface area contributed by atoms with Crippen LogP contribution in [0.3, 0.4) is 0 Å². The summed E-state index contributed by atoms with van der Waals surface area (Å²) in [4.78, 5) is 67.5. The van der Waals surface area contributed by atoms with Crippen molar-refractivity contribution in [2.24, 2.45) is 27.1 Å². The van der Waals surface area contributed by atoms with E-state index in [2.05, 4.69) is 6.58 Å². The van der Waals surface area contributed by atoms with Gasteiger partial charge in [0.15, 0.2) is 0 Å². The molecule has 15 heteroatoms. The Morgan fingerprint density at radius 1 is 0.623 bits per heavy atom. The molecule has 0 heterocycles. The predicted molar refractivity (Wildman–Crippen MR) is 183 cm³/mol. The van der Waals surface area contributed by atoms with Crippen LogP contribution in [0.4, 0.5) is 0 Å². The van der Waals surface area contributed by atoms with Crippen molar-refractivity contribution in [1.29, 1.82) is 0 Å². The number of hydrogen-bond donors (Lipinski definition) is 0. The Morgan fingerprint density at radius 2 is 0.981 bits per heavy atom. The van der Waals surface area contributed by atoms with Gasteiger partial charge in [0.1, 0.15) is 6.61 Å². The summed E-state index contributed by atoms with van der Waals surface area (Å²) in [5.41, 5.74) is -5.43. The zero-order valence-electron chi connectivity index (χ0n) is 32.9. The van der Waals surface area contributed by atoms with E-state index in [-0.39, 0.29) is 133 Å². The normalized spacial score (nSPS) is 15.8. The molecule has 0 bridgehead atoms. The van der Waals surface area contributed by atoms with Crippen LogP contribution >= 0.6 is 0 Å². The molecular formula is C38H55I2O12Sm. The number of esters is 5. The molecule has 1 radical (unpaired) electrons. The van der Waals surface area contributed by atoms with Crippen molar-refractivity contribution in [3.63, 3.8) is 0 Å². The Labute approximate surface area is 381 Å². The molecule has 0 saturated carbocycles. The molecule has 0 amide bonds. The molecule has 1 aromatic rings. The van der Waals surface area contributed by atoms with Crippen LogP contribution in [0, 0.1) is 67.5 Å². The van der Waals surface area contributed by atoms with E-state index < -0.39 is 62.9 Å². The summed E-state index contributed by atoms with van der Waals surface area (Å²) in [6, 6.07) is 7.32. The van der Waals surface area contributed by atoms with Gasteiger partial charge >= 0.3 is 70.2 Å². The molecule has 4 atom stereocenters. The third kappa shape index (κ3) is 15.1. The zero-order chi connectivity index (χ0) is 38.7. The van der Waals surface area contributed by atoms with Crippen LogP contribution in [0.15, 0.2) is 42.4 Å². The number of carbonyl (C=O) groups excluding carboxylic acids is 5. The first-order valence-corrected chi connectivity index (χ1v) is 16.2. The first-order valence-electron chi connectivity index (χ1n) is 16.2. The van der Waals surface area contributed by atoms with E-state index in [1.807, 2.05) is 24.3 Å². The molecule has 1 rings (SSSR count). The number of hydrogen-bond acceptors (Lipinski definition) is 12. The van der Waals surface area contributed by atoms with Gasteiger partial charge in [0.2, 0.25) is 0 Å². The molecular weight excluding hydrogens is 1050 g/mol. The van der Waals surface area contributed by atoms with Gasteiger partial charge in [-0.1, -0.05) is 42.5 Å². The van der Waals surface area contributed by atoms with E-state index in [0.29, 0.717) is 0 Å². The minimum atomic E-state index is -1.58. The molecule has 0 aliphatic carbocycles. The second-order valence-corrected chi connectivity index (χ2v) is 14.8. The molecule has 299 valence electrons. The molecule has 0 aliphatic rings. The fraction of sp³-hybridized carbons (Fsp3) is 0.605. The molecule has 0 saturated heterocycles. The van der Waals surface area contributed by atoms with Gasteiger partial charge in [0, 0.05) is 5.95 Å². The van der Waals surface area contributed by atoms with Crippen LogP contribution in [0.2, 0.25) is 0 Å². The fourth-order valence-electron chi connectivity index (χ4n) is 7.37. The SMILES string of the molecule is C=Cc1ccc(COC(=O)C(C)(C)CC(C)(CC(C)(CC(C)(CC(C)(C/C(C)=C(/[O-])OC)C(=O)OC)C(=O)OC)C(=O)OC)C(=O)OC)cc1.[I-].[I-].[Sm+3]. The molecule has 53 heavy (non-hydrogen) atoms. The van der Waals surface area contributed by atoms with Crippen molar-refractivity contribution < 1.29 is 146 Å². The molecule has 0 N–H and O–H groups in total. The van der Waals surface area contributed by atoms with Crippen molar-refractivity contribution in [2.75, 3.05) is 35.5 Å². The standard InChI is InChI=1S/C38H56O12.2HI.Sm/c1-14-26-15-17-27(18-16-26)20-50-29(40)34(3,4)21-36(6,31(42)47-11)23-38(8,33(44)49-13)24-37(7,32(43)48-12)22-35(5,30(41)46-10)19-25(2)28(39)45-9;;;/h14-18,39H,1,19-24H2,2-13H3;2*1H;/q;;;+3/p-3/b28-25-;;;. The van der Waals surface area contributed by atoms with Crippen LogP contribution in [0.25, 0.3) is 6.08 Å². The van der Waals surface area contributed by atoms with Crippen molar-refractivity contribution in [2.45, 2.75) is 87.2 Å². The smallest absolute Gasteiger partial charge is 1.00 e. The van der Waals surface area contributed by atoms with Gasteiger partial charge in [-0.05, 0) is 98.8 Å². The zero-order valence-corrected chi connectivity index (χ0v) is 39.8. The van der Waals surface area contributed by atoms with Crippen LogP contribution in [0.1, 0.15) is 91.7 Å². The van der Waals surface area contributed by atoms with Gasteiger partial charge in [-0.25, -0.2) is 0 Å². The maximum Gasteiger partial charge on any atom is 3.00 e. The van der Waals surface area contributed by atoms with Crippen molar-refractivity contribution in [3.8, 4) is 0 Å². The third-order valence-corrected chi connectivity index (χ3v) is 9.21. The Morgan fingerprint density at radius 3 is 1.34 bits per heavy atom. The second kappa shape index (κ2) is 23.5. The van der Waals surface area contributed by atoms with Crippen LogP contribution in [0.5, 0.6) is 0 Å². The van der Waals surface area contributed by atoms with Gasteiger partial charge in [0.25, 0.3) is 0 Å². The number of rotatable bonds is 19. The Kier molecular flexibility index (Phi) is 24.7. The predicted octanol–water partition coefficient (Wildman–Crippen LogP) is -0.687. The number of carbonyl (C=O) groups is 5. The monoisotopic (exact) mass is 1110 g/mol. The minimum absolute atomic E-state index is 0. The molecule has 0 aliphatic heterocycles. The van der Waals surface area contributed by atoms with E-state index in [0.717, 1.165) is 11.1 Å². The first-order chi connectivity index (χ1) is 23.1. The number of benzene rings is 1. The summed E-state index contributed by atoms with van der Waals surface area (Å²) < 4.78 is 31.2. The number of methoxy groups -OCH3 is 5. The van der Waals surface area contributed by atoms with E-state index in [9.17, 15) is 29.1 Å². The van der Waals surface area contributed by atoms with E-state index in [1.165, 1.54) is 49.4 Å². The Balaban J connectivity index is -0.00000833. The van der Waals surface area contributed by atoms with Crippen LogP contribution in [-0.4, -0.2) is 65.4 Å². The molecule has 12 nitrogen and oxygen atoms in total. The molecule has 4 unspecified atom stereocenters. The van der Waals surface area contributed by atoms with Crippen LogP contribution < -0.4 is 53.1 Å². The molecule has 1 aromatic carbocycles. The van der Waals surface area contributed by atoms with Gasteiger partial charge in [-0.3, -0.25) is 24.0 Å². The average molecular weight is 1110 g/mol. The third-order valence-electron chi connectivity index (χ3n) is 9.21. The number of allylic oxidation sites excluding steroid dienone is 1.